The van der Waals surface area contributed by atoms with Crippen LogP contribution in [0.25, 0.3) is 0 Å². The number of rotatable bonds is 4. The van der Waals surface area contributed by atoms with Crippen LogP contribution in [0.3, 0.4) is 0 Å². The van der Waals surface area contributed by atoms with Crippen molar-refractivity contribution in [3.05, 3.63) is 34.7 Å². The summed E-state index contributed by atoms with van der Waals surface area (Å²) in [6.07, 6.45) is 7.11. The number of nitrogens with zero attached hydrogens (tertiary/aromatic N) is 1. The van der Waals surface area contributed by atoms with Gasteiger partial charge in [0.2, 0.25) is 0 Å². The second-order valence-electron chi connectivity index (χ2n) is 3.93. The van der Waals surface area contributed by atoms with E-state index >= 15 is 0 Å². The molecule has 0 unspecified atom stereocenters. The van der Waals surface area contributed by atoms with Gasteiger partial charge in [-0.2, -0.15) is 0 Å². The Bertz CT molecular complexity index is 412. The summed E-state index contributed by atoms with van der Waals surface area (Å²) < 4.78 is 1.65. The average molecular weight is 204 g/mol. The minimum Gasteiger partial charge on any atom is -0.314 e. The molecule has 3 heteroatoms. The number of aromatic nitrogens is 1. The lowest BCUT2D eigenvalue weighted by molar-refractivity contribution is 0.465. The molecule has 0 saturated carbocycles. The van der Waals surface area contributed by atoms with Gasteiger partial charge in [0.25, 0.3) is 5.56 Å². The third-order valence-corrected chi connectivity index (χ3v) is 2.18. The van der Waals surface area contributed by atoms with E-state index in [9.17, 15) is 4.79 Å². The molecular formula is C12H16N2O. The molecule has 0 saturated heterocycles. The molecule has 1 heterocycles. The number of terminal acetylenes is 1. The number of pyridine rings is 1. The van der Waals surface area contributed by atoms with E-state index in [1.807, 2.05) is 19.9 Å². The van der Waals surface area contributed by atoms with Crippen LogP contribution < -0.4 is 10.9 Å². The quantitative estimate of drug-likeness (QED) is 0.738. The van der Waals surface area contributed by atoms with E-state index in [4.69, 9.17) is 6.42 Å². The zero-order chi connectivity index (χ0) is 11.3. The molecule has 0 aliphatic heterocycles. The van der Waals surface area contributed by atoms with Crippen molar-refractivity contribution in [2.45, 2.75) is 25.9 Å². The molecule has 0 bridgehead atoms. The summed E-state index contributed by atoms with van der Waals surface area (Å²) in [6.45, 7) is 5.17. The van der Waals surface area contributed by atoms with Crippen LogP contribution in [0.1, 0.15) is 13.8 Å². The van der Waals surface area contributed by atoms with Crippen molar-refractivity contribution in [3.63, 3.8) is 0 Å². The molecule has 0 aliphatic carbocycles. The van der Waals surface area contributed by atoms with Gasteiger partial charge in [0, 0.05) is 25.4 Å². The van der Waals surface area contributed by atoms with Crippen molar-refractivity contribution in [1.29, 1.82) is 0 Å². The number of nitrogens with one attached hydrogen (secondary N) is 1. The monoisotopic (exact) mass is 204 g/mol. The highest BCUT2D eigenvalue weighted by molar-refractivity contribution is 5.07. The third kappa shape index (κ3) is 3.61. The zero-order valence-electron chi connectivity index (χ0n) is 9.16. The third-order valence-electron chi connectivity index (χ3n) is 2.18. The first-order valence-electron chi connectivity index (χ1n) is 4.93. The standard InChI is InChI=1S/C12H16N2O/c1-4-12(2,3)13-8-10-14-9-6-5-7-11(14)15/h1,5-7,9,13H,8,10H2,2-3H3. The van der Waals surface area contributed by atoms with E-state index in [-0.39, 0.29) is 11.1 Å². The van der Waals surface area contributed by atoms with Crippen LogP contribution in [-0.4, -0.2) is 16.7 Å². The minimum atomic E-state index is -0.321. The van der Waals surface area contributed by atoms with E-state index in [0.29, 0.717) is 13.1 Å². The fourth-order valence-corrected chi connectivity index (χ4v) is 1.19. The maximum atomic E-state index is 11.3. The molecule has 80 valence electrons. The average Bonchev–Trinajstić information content (AvgIpc) is 2.21. The Kier molecular flexibility index (Phi) is 3.70. The first-order chi connectivity index (χ1) is 7.05. The highest BCUT2D eigenvalue weighted by atomic mass is 16.1. The molecule has 0 spiro atoms. The van der Waals surface area contributed by atoms with Gasteiger partial charge in [0.1, 0.15) is 0 Å². The summed E-state index contributed by atoms with van der Waals surface area (Å²) in [5.74, 6) is 2.64. The molecule has 3 nitrogen and oxygen atoms in total. The van der Waals surface area contributed by atoms with Crippen LogP contribution in [0.4, 0.5) is 0 Å². The van der Waals surface area contributed by atoms with Crippen molar-refractivity contribution < 1.29 is 0 Å². The molecular weight excluding hydrogens is 188 g/mol. The zero-order valence-corrected chi connectivity index (χ0v) is 9.16. The lowest BCUT2D eigenvalue weighted by Gasteiger charge is -2.19. The summed E-state index contributed by atoms with van der Waals surface area (Å²) in [4.78, 5) is 11.3. The maximum absolute atomic E-state index is 11.3. The lowest BCUT2D eigenvalue weighted by atomic mass is 10.1. The van der Waals surface area contributed by atoms with E-state index in [2.05, 4.69) is 11.2 Å². The van der Waals surface area contributed by atoms with Gasteiger partial charge in [0.05, 0.1) is 5.54 Å². The summed E-state index contributed by atoms with van der Waals surface area (Å²) >= 11 is 0. The summed E-state index contributed by atoms with van der Waals surface area (Å²) in [5, 5.41) is 3.19. The fraction of sp³-hybridized carbons (Fsp3) is 0.417. The smallest absolute Gasteiger partial charge is 0.250 e. The Balaban J connectivity index is 2.50. The SMILES string of the molecule is C#CC(C)(C)NCCn1ccccc1=O. The predicted molar refractivity (Wildman–Crippen MR) is 61.6 cm³/mol. The van der Waals surface area contributed by atoms with Crippen molar-refractivity contribution in [1.82, 2.24) is 9.88 Å². The molecule has 0 amide bonds. The molecule has 0 fully saturated rings. The van der Waals surface area contributed by atoms with Gasteiger partial charge in [-0.05, 0) is 19.9 Å². The van der Waals surface area contributed by atoms with E-state index < -0.39 is 0 Å². The Morgan fingerprint density at radius 3 is 2.87 bits per heavy atom. The van der Waals surface area contributed by atoms with Crippen LogP contribution in [0.2, 0.25) is 0 Å². The Morgan fingerprint density at radius 1 is 1.53 bits per heavy atom. The molecule has 0 radical (unpaired) electrons. The van der Waals surface area contributed by atoms with Crippen molar-refractivity contribution in [3.8, 4) is 12.3 Å². The Morgan fingerprint density at radius 2 is 2.27 bits per heavy atom. The largest absolute Gasteiger partial charge is 0.314 e. The van der Waals surface area contributed by atoms with Crippen LogP contribution in [0.5, 0.6) is 0 Å². The van der Waals surface area contributed by atoms with Gasteiger partial charge in [-0.3, -0.25) is 10.1 Å². The van der Waals surface area contributed by atoms with Crippen molar-refractivity contribution in [2.75, 3.05) is 6.54 Å². The van der Waals surface area contributed by atoms with E-state index in [0.717, 1.165) is 0 Å². The molecule has 1 rings (SSSR count). The second kappa shape index (κ2) is 4.81. The van der Waals surface area contributed by atoms with E-state index in [1.165, 1.54) is 0 Å². The number of hydrogen-bond acceptors (Lipinski definition) is 2. The minimum absolute atomic E-state index is 0.0119. The van der Waals surface area contributed by atoms with Gasteiger partial charge < -0.3 is 4.57 Å². The van der Waals surface area contributed by atoms with E-state index in [1.54, 1.807) is 22.9 Å². The van der Waals surface area contributed by atoms with Gasteiger partial charge in [-0.15, -0.1) is 6.42 Å². The summed E-state index contributed by atoms with van der Waals surface area (Å²) in [6, 6.07) is 5.12. The highest BCUT2D eigenvalue weighted by Crippen LogP contribution is 1.97. The summed E-state index contributed by atoms with van der Waals surface area (Å²) in [5.41, 5.74) is -0.309. The van der Waals surface area contributed by atoms with Crippen molar-refractivity contribution >= 4 is 0 Å². The Labute approximate surface area is 90.1 Å². The van der Waals surface area contributed by atoms with Gasteiger partial charge in [0.15, 0.2) is 0 Å². The number of hydrogen-bond donors (Lipinski definition) is 1. The lowest BCUT2D eigenvalue weighted by Crippen LogP contribution is -2.40. The molecule has 0 atom stereocenters. The highest BCUT2D eigenvalue weighted by Gasteiger charge is 2.11. The topological polar surface area (TPSA) is 34.0 Å². The van der Waals surface area contributed by atoms with Crippen molar-refractivity contribution in [2.24, 2.45) is 0 Å². The van der Waals surface area contributed by atoms with Crippen LogP contribution in [0, 0.1) is 12.3 Å². The molecule has 1 aromatic heterocycles. The first kappa shape index (κ1) is 11.5. The van der Waals surface area contributed by atoms with Crippen LogP contribution >= 0.6 is 0 Å². The van der Waals surface area contributed by atoms with Crippen LogP contribution in [0.15, 0.2) is 29.2 Å². The fourth-order valence-electron chi connectivity index (χ4n) is 1.19. The molecule has 0 aromatic carbocycles. The second-order valence-corrected chi connectivity index (χ2v) is 3.93. The molecule has 0 aliphatic rings. The first-order valence-corrected chi connectivity index (χ1v) is 4.93. The molecule has 1 N–H and O–H groups in total. The molecule has 15 heavy (non-hydrogen) atoms. The van der Waals surface area contributed by atoms with Gasteiger partial charge in [-0.1, -0.05) is 12.0 Å². The summed E-state index contributed by atoms with van der Waals surface area (Å²) in [7, 11) is 0. The predicted octanol–water partition coefficient (Wildman–Crippen LogP) is 0.850. The Hall–Kier alpha value is -1.53. The van der Waals surface area contributed by atoms with Gasteiger partial charge >= 0.3 is 0 Å². The van der Waals surface area contributed by atoms with Crippen LogP contribution in [-0.2, 0) is 6.54 Å². The normalized spacial score (nSPS) is 11.0. The maximum Gasteiger partial charge on any atom is 0.250 e. The molecule has 1 aromatic rings. The van der Waals surface area contributed by atoms with Gasteiger partial charge in [-0.25, -0.2) is 0 Å².